The zero-order chi connectivity index (χ0) is 13.5. The van der Waals surface area contributed by atoms with Gasteiger partial charge in [0.2, 0.25) is 5.91 Å². The molecule has 0 spiro atoms. The molecule has 2 aromatic carbocycles. The van der Waals surface area contributed by atoms with Crippen LogP contribution in [0.3, 0.4) is 0 Å². The number of rotatable bonds is 5. The van der Waals surface area contributed by atoms with Crippen molar-refractivity contribution in [3.8, 4) is 0 Å². The van der Waals surface area contributed by atoms with Crippen LogP contribution >= 0.6 is 15.9 Å². The molecule has 3 heteroatoms. The average Bonchev–Trinajstić information content (AvgIpc) is 2.42. The second kappa shape index (κ2) is 7.10. The summed E-state index contributed by atoms with van der Waals surface area (Å²) in [5.41, 5.74) is 3.13. The van der Waals surface area contributed by atoms with Gasteiger partial charge in [-0.1, -0.05) is 58.4 Å². The van der Waals surface area contributed by atoms with Gasteiger partial charge >= 0.3 is 0 Å². The predicted octanol–water partition coefficient (Wildman–Crippen LogP) is 3.81. The van der Waals surface area contributed by atoms with E-state index in [1.165, 1.54) is 5.56 Å². The Bertz CT molecular complexity index is 522. The Morgan fingerprint density at radius 3 is 2.26 bits per heavy atom. The van der Waals surface area contributed by atoms with E-state index >= 15 is 0 Å². The molecule has 0 radical (unpaired) electrons. The smallest absolute Gasteiger partial charge is 0.228 e. The van der Waals surface area contributed by atoms with E-state index < -0.39 is 0 Å². The second-order valence-electron chi connectivity index (χ2n) is 4.35. The highest BCUT2D eigenvalue weighted by Gasteiger charge is 2.03. The van der Waals surface area contributed by atoms with Gasteiger partial charge in [-0.2, -0.15) is 0 Å². The first-order valence-electron chi connectivity index (χ1n) is 6.26. The second-order valence-corrected chi connectivity index (χ2v) is 5.14. The summed E-state index contributed by atoms with van der Waals surface area (Å²) < 4.78 is 0. The van der Waals surface area contributed by atoms with Gasteiger partial charge in [0, 0.05) is 11.0 Å². The van der Waals surface area contributed by atoms with Crippen LogP contribution in [0.5, 0.6) is 0 Å². The van der Waals surface area contributed by atoms with Crippen molar-refractivity contribution in [3.05, 3.63) is 65.7 Å². The molecule has 0 aliphatic heterocycles. The topological polar surface area (TPSA) is 29.1 Å². The van der Waals surface area contributed by atoms with Crippen LogP contribution in [0.25, 0.3) is 0 Å². The minimum absolute atomic E-state index is 0.0134. The molecule has 0 heterocycles. The van der Waals surface area contributed by atoms with E-state index in [1.54, 1.807) is 0 Å². The van der Waals surface area contributed by atoms with Crippen molar-refractivity contribution in [3.63, 3.8) is 0 Å². The fraction of sp³-hybridized carbons (Fsp3) is 0.188. The van der Waals surface area contributed by atoms with Crippen molar-refractivity contribution in [1.29, 1.82) is 0 Å². The highest BCUT2D eigenvalue weighted by atomic mass is 79.9. The van der Waals surface area contributed by atoms with Gasteiger partial charge in [0.05, 0.1) is 6.42 Å². The first-order chi connectivity index (χ1) is 9.28. The van der Waals surface area contributed by atoms with Gasteiger partial charge < -0.3 is 5.32 Å². The molecule has 0 aliphatic rings. The number of benzene rings is 2. The Morgan fingerprint density at radius 1 is 0.947 bits per heavy atom. The number of halogens is 1. The van der Waals surface area contributed by atoms with Gasteiger partial charge in [-0.25, -0.2) is 0 Å². The fourth-order valence-electron chi connectivity index (χ4n) is 1.85. The summed E-state index contributed by atoms with van der Waals surface area (Å²) in [6, 6.07) is 17.7. The molecular formula is C16H16BrNO. The van der Waals surface area contributed by atoms with Crippen molar-refractivity contribution in [2.24, 2.45) is 0 Å². The number of hydrogen-bond donors (Lipinski definition) is 1. The van der Waals surface area contributed by atoms with E-state index in [1.807, 2.05) is 54.6 Å². The number of anilines is 1. The molecule has 0 atom stereocenters. The maximum absolute atomic E-state index is 11.9. The molecule has 2 nitrogen and oxygen atoms in total. The van der Waals surface area contributed by atoms with Gasteiger partial charge in [-0.05, 0) is 29.7 Å². The third-order valence-corrected chi connectivity index (χ3v) is 3.22. The van der Waals surface area contributed by atoms with Gasteiger partial charge in [0.1, 0.15) is 0 Å². The van der Waals surface area contributed by atoms with E-state index in [4.69, 9.17) is 0 Å². The number of amides is 1. The average molecular weight is 318 g/mol. The number of carbonyl (C=O) groups excluding carboxylic acids is 1. The molecule has 0 saturated heterocycles. The lowest BCUT2D eigenvalue weighted by molar-refractivity contribution is -0.115. The van der Waals surface area contributed by atoms with Crippen molar-refractivity contribution in [2.75, 3.05) is 10.6 Å². The molecule has 2 rings (SSSR count). The summed E-state index contributed by atoms with van der Waals surface area (Å²) >= 11 is 3.41. The molecule has 1 amide bonds. The lowest BCUT2D eigenvalue weighted by Gasteiger charge is -2.06. The van der Waals surface area contributed by atoms with Crippen LogP contribution in [0.1, 0.15) is 11.1 Å². The van der Waals surface area contributed by atoms with Gasteiger partial charge in [-0.3, -0.25) is 4.79 Å². The van der Waals surface area contributed by atoms with E-state index in [2.05, 4.69) is 21.2 Å². The summed E-state index contributed by atoms with van der Waals surface area (Å²) in [4.78, 5) is 11.9. The van der Waals surface area contributed by atoms with Crippen LogP contribution in [0, 0.1) is 0 Å². The third kappa shape index (κ3) is 4.52. The maximum Gasteiger partial charge on any atom is 0.228 e. The molecule has 0 unspecified atom stereocenters. The van der Waals surface area contributed by atoms with Gasteiger partial charge in [0.15, 0.2) is 0 Å². The molecule has 98 valence electrons. The zero-order valence-electron chi connectivity index (χ0n) is 10.6. The Morgan fingerprint density at radius 2 is 1.63 bits per heavy atom. The fourth-order valence-corrected chi connectivity index (χ4v) is 2.31. The van der Waals surface area contributed by atoms with Gasteiger partial charge in [0.25, 0.3) is 0 Å². The van der Waals surface area contributed by atoms with Crippen LogP contribution in [0.2, 0.25) is 0 Å². The van der Waals surface area contributed by atoms with E-state index in [0.29, 0.717) is 6.42 Å². The minimum Gasteiger partial charge on any atom is -0.326 e. The summed E-state index contributed by atoms with van der Waals surface area (Å²) in [7, 11) is 0. The molecule has 0 fully saturated rings. The molecule has 0 saturated carbocycles. The van der Waals surface area contributed by atoms with Crippen molar-refractivity contribution < 1.29 is 4.79 Å². The summed E-state index contributed by atoms with van der Waals surface area (Å²) in [5.74, 6) is 0.0134. The van der Waals surface area contributed by atoms with E-state index in [9.17, 15) is 4.79 Å². The molecule has 0 aromatic heterocycles. The number of nitrogens with one attached hydrogen (secondary N) is 1. The predicted molar refractivity (Wildman–Crippen MR) is 82.7 cm³/mol. The standard InChI is InChI=1S/C16H16BrNO/c17-11-10-13-6-8-15(9-7-13)18-16(19)12-14-4-2-1-3-5-14/h1-9H,10-12H2,(H,18,19). The highest BCUT2D eigenvalue weighted by molar-refractivity contribution is 9.09. The highest BCUT2D eigenvalue weighted by Crippen LogP contribution is 2.11. The Kier molecular flexibility index (Phi) is 5.16. The largest absolute Gasteiger partial charge is 0.326 e. The van der Waals surface area contributed by atoms with Crippen LogP contribution in [-0.4, -0.2) is 11.2 Å². The Balaban J connectivity index is 1.91. The normalized spacial score (nSPS) is 10.2. The van der Waals surface area contributed by atoms with E-state index in [-0.39, 0.29) is 5.91 Å². The first kappa shape index (κ1) is 13.8. The molecule has 2 aromatic rings. The SMILES string of the molecule is O=C(Cc1ccccc1)Nc1ccc(CCBr)cc1. The van der Waals surface area contributed by atoms with Gasteiger partial charge in [-0.15, -0.1) is 0 Å². The van der Waals surface area contributed by atoms with Crippen LogP contribution < -0.4 is 5.32 Å². The molecule has 0 bridgehead atoms. The zero-order valence-corrected chi connectivity index (χ0v) is 12.2. The number of alkyl halides is 1. The molecular weight excluding hydrogens is 302 g/mol. The molecule has 0 aliphatic carbocycles. The molecule has 1 N–H and O–H groups in total. The summed E-state index contributed by atoms with van der Waals surface area (Å²) in [6.45, 7) is 0. The lowest BCUT2D eigenvalue weighted by atomic mass is 10.1. The summed E-state index contributed by atoms with van der Waals surface area (Å²) in [6.07, 6.45) is 1.40. The number of carbonyl (C=O) groups is 1. The Hall–Kier alpha value is -1.61. The lowest BCUT2D eigenvalue weighted by Crippen LogP contribution is -2.14. The molecule has 19 heavy (non-hydrogen) atoms. The van der Waals surface area contributed by atoms with Crippen molar-refractivity contribution in [1.82, 2.24) is 0 Å². The van der Waals surface area contributed by atoms with Crippen LogP contribution in [0.15, 0.2) is 54.6 Å². The Labute approximate surface area is 122 Å². The van der Waals surface area contributed by atoms with E-state index in [0.717, 1.165) is 23.0 Å². The maximum atomic E-state index is 11.9. The first-order valence-corrected chi connectivity index (χ1v) is 7.39. The monoisotopic (exact) mass is 317 g/mol. The van der Waals surface area contributed by atoms with Crippen LogP contribution in [0.4, 0.5) is 5.69 Å². The summed E-state index contributed by atoms with van der Waals surface area (Å²) in [5, 5.41) is 3.86. The quantitative estimate of drug-likeness (QED) is 0.835. The minimum atomic E-state index is 0.0134. The third-order valence-electron chi connectivity index (χ3n) is 2.83. The van der Waals surface area contributed by atoms with Crippen molar-refractivity contribution in [2.45, 2.75) is 12.8 Å². The van der Waals surface area contributed by atoms with Crippen molar-refractivity contribution >= 4 is 27.5 Å². The van der Waals surface area contributed by atoms with Crippen LogP contribution in [-0.2, 0) is 17.6 Å². The number of aryl methyl sites for hydroxylation is 1. The number of hydrogen-bond acceptors (Lipinski definition) is 1.